The largest absolute Gasteiger partial charge is 0.461 e. The van der Waals surface area contributed by atoms with Gasteiger partial charge in [-0.3, -0.25) is 0 Å². The summed E-state index contributed by atoms with van der Waals surface area (Å²) >= 11 is 5.39. The fourth-order valence-electron chi connectivity index (χ4n) is 1.87. The number of hydrogen-bond acceptors (Lipinski definition) is 3. The number of carbonyl (C=O) groups is 1. The zero-order valence-corrected chi connectivity index (χ0v) is 12.6. The van der Waals surface area contributed by atoms with Crippen molar-refractivity contribution < 1.29 is 14.6 Å². The number of halogens is 1. The van der Waals surface area contributed by atoms with Crippen molar-refractivity contribution in [2.24, 2.45) is 0 Å². The van der Waals surface area contributed by atoms with Gasteiger partial charge < -0.3 is 9.84 Å². The van der Waals surface area contributed by atoms with E-state index in [4.69, 9.17) is 21.4 Å². The van der Waals surface area contributed by atoms with Crippen LogP contribution in [0.1, 0.15) is 64.2 Å². The minimum absolute atomic E-state index is 0.0544. The number of esters is 1. The highest BCUT2D eigenvalue weighted by Gasteiger charge is 2.03. The molecule has 0 aliphatic carbocycles. The van der Waals surface area contributed by atoms with Gasteiger partial charge in [0, 0.05) is 6.61 Å². The van der Waals surface area contributed by atoms with E-state index >= 15 is 0 Å². The number of aliphatic hydroxyl groups is 1. The van der Waals surface area contributed by atoms with Gasteiger partial charge in [0.25, 0.3) is 0 Å². The average Bonchev–Trinajstić information content (AvgIpc) is 2.39. The lowest BCUT2D eigenvalue weighted by Crippen LogP contribution is -2.04. The Morgan fingerprint density at radius 1 is 0.895 bits per heavy atom. The Bertz CT molecular complexity index is 242. The normalized spacial score (nSPS) is 10.4. The van der Waals surface area contributed by atoms with Gasteiger partial charge in [-0.05, 0) is 12.8 Å². The van der Waals surface area contributed by atoms with Gasteiger partial charge >= 0.3 is 5.97 Å². The molecule has 0 atom stereocenters. The van der Waals surface area contributed by atoms with Crippen LogP contribution in [0.25, 0.3) is 0 Å². The fourth-order valence-corrected chi connectivity index (χ4v) is 1.93. The van der Waals surface area contributed by atoms with Crippen molar-refractivity contribution in [3.05, 3.63) is 11.6 Å². The number of carbonyl (C=O) groups excluding carboxylic acids is 1. The van der Waals surface area contributed by atoms with Crippen LogP contribution in [0, 0.1) is 0 Å². The second kappa shape index (κ2) is 13.9. The molecule has 0 saturated heterocycles. The second-order valence-corrected chi connectivity index (χ2v) is 5.26. The van der Waals surface area contributed by atoms with Crippen molar-refractivity contribution in [2.75, 3.05) is 13.2 Å². The first-order valence-corrected chi connectivity index (χ1v) is 7.68. The highest BCUT2D eigenvalue weighted by molar-refractivity contribution is 6.40. The maximum Gasteiger partial charge on any atom is 0.349 e. The molecule has 0 aromatic heterocycles. The Morgan fingerprint density at radius 2 is 1.32 bits per heavy atom. The van der Waals surface area contributed by atoms with E-state index in [0.29, 0.717) is 13.2 Å². The highest BCUT2D eigenvalue weighted by atomic mass is 35.5. The Hall–Kier alpha value is -0.540. The Morgan fingerprint density at radius 3 is 1.74 bits per heavy atom. The molecule has 0 aromatic carbocycles. The van der Waals surface area contributed by atoms with E-state index in [1.807, 2.05) is 0 Å². The molecule has 112 valence electrons. The van der Waals surface area contributed by atoms with Crippen molar-refractivity contribution >= 4 is 17.6 Å². The molecule has 0 fully saturated rings. The third-order valence-corrected chi connectivity index (χ3v) is 3.16. The number of unbranched alkanes of at least 4 members (excludes halogenated alkanes) is 9. The summed E-state index contributed by atoms with van der Waals surface area (Å²) < 4.78 is 4.90. The molecular weight excluding hydrogens is 264 g/mol. The second-order valence-electron chi connectivity index (χ2n) is 4.80. The summed E-state index contributed by atoms with van der Waals surface area (Å²) in [4.78, 5) is 11.0. The molecule has 0 amide bonds. The van der Waals surface area contributed by atoms with E-state index in [1.54, 1.807) is 0 Å². The van der Waals surface area contributed by atoms with Crippen LogP contribution in [0.15, 0.2) is 11.6 Å². The first-order chi connectivity index (χ1) is 9.18. The van der Waals surface area contributed by atoms with Gasteiger partial charge in [0.2, 0.25) is 0 Å². The van der Waals surface area contributed by atoms with Crippen LogP contribution in [-0.4, -0.2) is 24.3 Å². The van der Waals surface area contributed by atoms with Crippen LogP contribution in [0.5, 0.6) is 0 Å². The summed E-state index contributed by atoms with van der Waals surface area (Å²) in [5, 5.41) is 8.58. The molecule has 19 heavy (non-hydrogen) atoms. The maximum absolute atomic E-state index is 11.0. The minimum atomic E-state index is -0.510. The summed E-state index contributed by atoms with van der Waals surface area (Å²) in [7, 11) is 0. The van der Waals surface area contributed by atoms with Gasteiger partial charge in [-0.1, -0.05) is 69.5 Å². The molecule has 0 rings (SSSR count). The van der Waals surface area contributed by atoms with Gasteiger partial charge in [-0.15, -0.1) is 0 Å². The predicted molar refractivity (Wildman–Crippen MR) is 79.2 cm³/mol. The van der Waals surface area contributed by atoms with Crippen LogP contribution in [0.2, 0.25) is 0 Å². The molecule has 0 radical (unpaired) electrons. The lowest BCUT2D eigenvalue weighted by Gasteiger charge is -2.04. The third kappa shape index (κ3) is 13.7. The maximum atomic E-state index is 11.0. The van der Waals surface area contributed by atoms with Crippen molar-refractivity contribution in [2.45, 2.75) is 64.2 Å². The van der Waals surface area contributed by atoms with Crippen molar-refractivity contribution in [1.29, 1.82) is 0 Å². The highest BCUT2D eigenvalue weighted by Crippen LogP contribution is 2.10. The van der Waals surface area contributed by atoms with Gasteiger partial charge in [0.1, 0.15) is 5.03 Å². The van der Waals surface area contributed by atoms with Crippen LogP contribution in [0.4, 0.5) is 0 Å². The molecule has 0 spiro atoms. The van der Waals surface area contributed by atoms with Crippen molar-refractivity contribution in [1.82, 2.24) is 0 Å². The summed E-state index contributed by atoms with van der Waals surface area (Å²) in [6.45, 7) is 4.06. The molecule has 0 aliphatic rings. The van der Waals surface area contributed by atoms with E-state index in [0.717, 1.165) is 25.7 Å². The first-order valence-electron chi connectivity index (χ1n) is 7.31. The summed E-state index contributed by atoms with van der Waals surface area (Å²) in [6.07, 6.45) is 11.6. The van der Waals surface area contributed by atoms with Crippen molar-refractivity contribution in [3.8, 4) is 0 Å². The quantitative estimate of drug-likeness (QED) is 0.314. The molecule has 0 heterocycles. The molecule has 1 N–H and O–H groups in total. The molecule has 0 aromatic rings. The number of rotatable bonds is 13. The standard InChI is InChI=1S/C15H27ClO3/c1-14(16)15(18)19-13-11-9-7-5-3-2-4-6-8-10-12-17/h17H,1-13H2. The summed E-state index contributed by atoms with van der Waals surface area (Å²) in [5.74, 6) is -0.510. The topological polar surface area (TPSA) is 46.5 Å². The Labute approximate surface area is 122 Å². The number of aliphatic hydroxyl groups excluding tert-OH is 1. The van der Waals surface area contributed by atoms with Crippen LogP contribution >= 0.6 is 11.6 Å². The van der Waals surface area contributed by atoms with Crippen LogP contribution < -0.4 is 0 Å². The number of ether oxygens (including phenoxy) is 1. The van der Waals surface area contributed by atoms with Gasteiger partial charge in [0.05, 0.1) is 6.61 Å². The molecule has 4 heteroatoms. The lowest BCUT2D eigenvalue weighted by molar-refractivity contribution is -0.138. The smallest absolute Gasteiger partial charge is 0.349 e. The first kappa shape index (κ1) is 18.5. The monoisotopic (exact) mass is 290 g/mol. The van der Waals surface area contributed by atoms with Crippen molar-refractivity contribution in [3.63, 3.8) is 0 Å². The molecular formula is C15H27ClO3. The fraction of sp³-hybridized carbons (Fsp3) is 0.800. The van der Waals surface area contributed by atoms with E-state index in [1.165, 1.54) is 38.5 Å². The third-order valence-electron chi connectivity index (χ3n) is 3.01. The molecule has 0 aliphatic heterocycles. The molecule has 0 saturated carbocycles. The molecule has 0 bridgehead atoms. The molecule has 0 unspecified atom stereocenters. The average molecular weight is 291 g/mol. The zero-order chi connectivity index (χ0) is 14.3. The predicted octanol–water partition coefficient (Wildman–Crippen LogP) is 4.18. The molecule has 3 nitrogen and oxygen atoms in total. The zero-order valence-electron chi connectivity index (χ0n) is 11.8. The Kier molecular flexibility index (Phi) is 13.5. The van der Waals surface area contributed by atoms with E-state index in [-0.39, 0.29) is 5.03 Å². The van der Waals surface area contributed by atoms with Crippen LogP contribution in [0.3, 0.4) is 0 Å². The van der Waals surface area contributed by atoms with Gasteiger partial charge in [-0.25, -0.2) is 4.79 Å². The lowest BCUT2D eigenvalue weighted by atomic mass is 10.1. The number of hydrogen-bond donors (Lipinski definition) is 1. The van der Waals surface area contributed by atoms with Gasteiger partial charge in [-0.2, -0.15) is 0 Å². The minimum Gasteiger partial charge on any atom is -0.461 e. The van der Waals surface area contributed by atoms with E-state index in [9.17, 15) is 4.79 Å². The van der Waals surface area contributed by atoms with Gasteiger partial charge in [0.15, 0.2) is 0 Å². The summed E-state index contributed by atoms with van der Waals surface area (Å²) in [5.41, 5.74) is 0. The summed E-state index contributed by atoms with van der Waals surface area (Å²) in [6, 6.07) is 0. The SMILES string of the molecule is C=C(Cl)C(=O)OCCCCCCCCCCCCO. The van der Waals surface area contributed by atoms with E-state index < -0.39 is 5.97 Å². The van der Waals surface area contributed by atoms with E-state index in [2.05, 4.69) is 6.58 Å². The Balaban J connectivity index is 3.07. The van der Waals surface area contributed by atoms with Crippen LogP contribution in [-0.2, 0) is 9.53 Å².